The van der Waals surface area contributed by atoms with Crippen LogP contribution in [0.25, 0.3) is 22.5 Å². The number of aromatic nitrogens is 4. The van der Waals surface area contributed by atoms with E-state index in [2.05, 4.69) is 70.4 Å². The zero-order valence-corrected chi connectivity index (χ0v) is 20.0. The number of nitrogens with two attached hydrogens (primary N) is 2. The average molecular weight is 455 g/mol. The number of nitrogens with one attached hydrogen (secondary N) is 2. The second-order valence-corrected chi connectivity index (χ2v) is 8.34. The first kappa shape index (κ1) is 23.0. The molecule has 0 radical (unpaired) electrons. The Balaban J connectivity index is 1.44. The fourth-order valence-corrected chi connectivity index (χ4v) is 3.83. The van der Waals surface area contributed by atoms with Crippen molar-refractivity contribution in [3.63, 3.8) is 0 Å². The number of rotatable bonds is 7. The fourth-order valence-electron chi connectivity index (χ4n) is 3.83. The smallest absolute Gasteiger partial charge is 0.222 e. The van der Waals surface area contributed by atoms with Gasteiger partial charge in [0.25, 0.3) is 0 Å². The van der Waals surface area contributed by atoms with Crippen LogP contribution in [0.3, 0.4) is 0 Å². The third-order valence-corrected chi connectivity index (χ3v) is 5.99. The lowest BCUT2D eigenvalue weighted by Gasteiger charge is -2.13. The van der Waals surface area contributed by atoms with E-state index in [-0.39, 0.29) is 11.9 Å². The largest absolute Gasteiger partial charge is 0.368 e. The second-order valence-electron chi connectivity index (χ2n) is 8.34. The fraction of sp³-hybridized carbons (Fsp3) is 0.231. The Morgan fingerprint density at radius 1 is 0.618 bits per heavy atom. The summed E-state index contributed by atoms with van der Waals surface area (Å²) in [5.41, 5.74) is 20.4. The van der Waals surface area contributed by atoms with Crippen LogP contribution in [0.2, 0.25) is 0 Å². The van der Waals surface area contributed by atoms with Crippen LogP contribution in [0.4, 0.5) is 23.5 Å². The highest BCUT2D eigenvalue weighted by atomic mass is 15.1. The summed E-state index contributed by atoms with van der Waals surface area (Å²) in [6.07, 6.45) is 0. The molecule has 2 aromatic heterocycles. The summed E-state index contributed by atoms with van der Waals surface area (Å²) in [5.74, 6) is 1.80. The van der Waals surface area contributed by atoms with Crippen molar-refractivity contribution in [2.75, 3.05) is 35.2 Å². The van der Waals surface area contributed by atoms with Crippen LogP contribution in [0, 0.1) is 27.7 Å². The third kappa shape index (κ3) is 5.06. The van der Waals surface area contributed by atoms with Crippen LogP contribution in [-0.2, 0) is 0 Å². The normalized spacial score (nSPS) is 10.8. The van der Waals surface area contributed by atoms with Gasteiger partial charge in [-0.2, -0.15) is 9.97 Å². The summed E-state index contributed by atoms with van der Waals surface area (Å²) < 4.78 is 0. The van der Waals surface area contributed by atoms with E-state index in [9.17, 15) is 0 Å². The predicted octanol–water partition coefficient (Wildman–Crippen LogP) is 4.52. The van der Waals surface area contributed by atoms with Crippen molar-refractivity contribution in [1.82, 2.24) is 19.9 Å². The standard InChI is InChI=1S/C26H30N8/c1-15-7-5-9-19(17(15)3)21-13-23(33-25(27)31-21)29-11-12-30-24-14-22(32-26(28)34-24)20-10-6-8-16(2)18(20)4/h5-10,13-14H,11-12H2,1-4H3,(H3,27,29,31,33)(H3,28,30,32,34). The number of hydrogen-bond donors (Lipinski definition) is 4. The van der Waals surface area contributed by atoms with Crippen molar-refractivity contribution >= 4 is 23.5 Å². The molecule has 8 heteroatoms. The quantitative estimate of drug-likeness (QED) is 0.300. The van der Waals surface area contributed by atoms with Crippen molar-refractivity contribution in [1.29, 1.82) is 0 Å². The van der Waals surface area contributed by atoms with E-state index in [1.54, 1.807) is 0 Å². The Morgan fingerprint density at radius 3 is 1.44 bits per heavy atom. The molecule has 0 spiro atoms. The minimum atomic E-state index is 0.232. The number of aryl methyl sites for hydroxylation is 2. The molecule has 0 aliphatic rings. The van der Waals surface area contributed by atoms with Crippen molar-refractivity contribution in [2.45, 2.75) is 27.7 Å². The van der Waals surface area contributed by atoms with E-state index in [0.717, 1.165) is 22.5 Å². The molecular formula is C26H30N8. The van der Waals surface area contributed by atoms with E-state index < -0.39 is 0 Å². The summed E-state index contributed by atoms with van der Waals surface area (Å²) in [6, 6.07) is 16.1. The van der Waals surface area contributed by atoms with Crippen LogP contribution in [-0.4, -0.2) is 33.0 Å². The van der Waals surface area contributed by atoms with Gasteiger partial charge < -0.3 is 22.1 Å². The molecule has 0 aliphatic heterocycles. The van der Waals surface area contributed by atoms with E-state index >= 15 is 0 Å². The Hall–Kier alpha value is -4.20. The Labute approximate surface area is 199 Å². The lowest BCUT2D eigenvalue weighted by Crippen LogP contribution is -2.16. The van der Waals surface area contributed by atoms with Crippen LogP contribution in [0.1, 0.15) is 22.3 Å². The van der Waals surface area contributed by atoms with Gasteiger partial charge in [-0.25, -0.2) is 9.97 Å². The molecule has 6 N–H and O–H groups in total. The maximum atomic E-state index is 5.98. The van der Waals surface area contributed by atoms with Crippen molar-refractivity contribution < 1.29 is 0 Å². The molecule has 0 fully saturated rings. The van der Waals surface area contributed by atoms with E-state index in [1.165, 1.54) is 22.3 Å². The summed E-state index contributed by atoms with van der Waals surface area (Å²) in [4.78, 5) is 17.5. The maximum absolute atomic E-state index is 5.98. The van der Waals surface area contributed by atoms with Gasteiger partial charge in [-0.15, -0.1) is 0 Å². The Bertz CT molecular complexity index is 1230. The average Bonchev–Trinajstić information content (AvgIpc) is 2.79. The van der Waals surface area contributed by atoms with Gasteiger partial charge in [0.1, 0.15) is 11.6 Å². The van der Waals surface area contributed by atoms with Crippen molar-refractivity contribution in [3.05, 3.63) is 70.8 Å². The first-order chi connectivity index (χ1) is 16.3. The van der Waals surface area contributed by atoms with Crippen LogP contribution < -0.4 is 22.1 Å². The van der Waals surface area contributed by atoms with Gasteiger partial charge in [0.15, 0.2) is 0 Å². The lowest BCUT2D eigenvalue weighted by molar-refractivity contribution is 1.03. The zero-order valence-electron chi connectivity index (χ0n) is 20.0. The highest BCUT2D eigenvalue weighted by Gasteiger charge is 2.10. The van der Waals surface area contributed by atoms with Crippen molar-refractivity contribution in [3.8, 4) is 22.5 Å². The van der Waals surface area contributed by atoms with Crippen LogP contribution in [0.15, 0.2) is 48.5 Å². The Morgan fingerprint density at radius 2 is 1.03 bits per heavy atom. The maximum Gasteiger partial charge on any atom is 0.222 e. The minimum absolute atomic E-state index is 0.232. The first-order valence-electron chi connectivity index (χ1n) is 11.2. The molecule has 8 nitrogen and oxygen atoms in total. The van der Waals surface area contributed by atoms with Gasteiger partial charge >= 0.3 is 0 Å². The molecule has 0 aliphatic carbocycles. The van der Waals surface area contributed by atoms with E-state index in [4.69, 9.17) is 11.5 Å². The topological polar surface area (TPSA) is 128 Å². The highest BCUT2D eigenvalue weighted by Crippen LogP contribution is 2.27. The Kier molecular flexibility index (Phi) is 6.58. The van der Waals surface area contributed by atoms with Crippen LogP contribution >= 0.6 is 0 Å². The monoisotopic (exact) mass is 454 g/mol. The number of hydrogen-bond acceptors (Lipinski definition) is 8. The molecule has 0 saturated heterocycles. The molecule has 0 unspecified atom stereocenters. The minimum Gasteiger partial charge on any atom is -0.368 e. The van der Waals surface area contributed by atoms with Gasteiger partial charge in [0, 0.05) is 36.3 Å². The molecule has 34 heavy (non-hydrogen) atoms. The zero-order chi connectivity index (χ0) is 24.2. The van der Waals surface area contributed by atoms with Gasteiger partial charge in [-0.1, -0.05) is 36.4 Å². The summed E-state index contributed by atoms with van der Waals surface area (Å²) in [7, 11) is 0. The summed E-state index contributed by atoms with van der Waals surface area (Å²) >= 11 is 0. The SMILES string of the molecule is Cc1cccc(-c2cc(NCCNc3cc(-c4cccc(C)c4C)nc(N)n3)nc(N)n2)c1C. The third-order valence-electron chi connectivity index (χ3n) is 5.99. The predicted molar refractivity (Wildman–Crippen MR) is 140 cm³/mol. The highest BCUT2D eigenvalue weighted by molar-refractivity contribution is 5.69. The van der Waals surface area contributed by atoms with E-state index in [0.29, 0.717) is 24.7 Å². The van der Waals surface area contributed by atoms with Gasteiger partial charge in [0.05, 0.1) is 11.4 Å². The summed E-state index contributed by atoms with van der Waals surface area (Å²) in [5, 5.41) is 6.62. The number of nitrogen functional groups attached to an aromatic ring is 2. The van der Waals surface area contributed by atoms with Gasteiger partial charge in [-0.3, -0.25) is 0 Å². The number of nitrogens with zero attached hydrogens (tertiary/aromatic N) is 4. The van der Waals surface area contributed by atoms with Gasteiger partial charge in [-0.05, 0) is 49.9 Å². The second kappa shape index (κ2) is 9.74. The lowest BCUT2D eigenvalue weighted by atomic mass is 10.0. The number of benzene rings is 2. The molecular weight excluding hydrogens is 424 g/mol. The molecule has 0 amide bonds. The molecule has 4 aromatic rings. The molecule has 2 aromatic carbocycles. The molecule has 2 heterocycles. The number of anilines is 4. The molecule has 0 atom stereocenters. The first-order valence-corrected chi connectivity index (χ1v) is 11.2. The molecule has 174 valence electrons. The van der Waals surface area contributed by atoms with E-state index in [1.807, 2.05) is 36.4 Å². The molecule has 0 saturated carbocycles. The van der Waals surface area contributed by atoms with Gasteiger partial charge in [0.2, 0.25) is 11.9 Å². The summed E-state index contributed by atoms with van der Waals surface area (Å²) in [6.45, 7) is 9.54. The molecule has 4 rings (SSSR count). The molecule has 0 bridgehead atoms. The van der Waals surface area contributed by atoms with Crippen molar-refractivity contribution in [2.24, 2.45) is 0 Å². The van der Waals surface area contributed by atoms with Crippen LogP contribution in [0.5, 0.6) is 0 Å².